The molecule has 2 atom stereocenters. The van der Waals surface area contributed by atoms with Crippen molar-refractivity contribution in [2.45, 2.75) is 32.6 Å². The smallest absolute Gasteiger partial charge is 0.327 e. The molecule has 5 nitrogen and oxygen atoms in total. The van der Waals surface area contributed by atoms with Crippen molar-refractivity contribution in [3.8, 4) is 0 Å². The van der Waals surface area contributed by atoms with E-state index in [0.717, 1.165) is 16.7 Å². The van der Waals surface area contributed by atoms with Crippen LogP contribution in [0.5, 0.6) is 0 Å². The van der Waals surface area contributed by atoms with Crippen LogP contribution in [0.15, 0.2) is 18.2 Å². The molecule has 0 aliphatic carbocycles. The molecule has 1 aromatic carbocycles. The van der Waals surface area contributed by atoms with Gasteiger partial charge >= 0.3 is 5.97 Å². The van der Waals surface area contributed by atoms with Gasteiger partial charge in [0, 0.05) is 23.5 Å². The van der Waals surface area contributed by atoms with E-state index in [1.165, 1.54) is 6.92 Å². The monoisotopic (exact) mass is 297 g/mol. The van der Waals surface area contributed by atoms with Crippen LogP contribution in [0.25, 0.3) is 0 Å². The predicted molar refractivity (Wildman–Crippen MR) is 77.9 cm³/mol. The minimum absolute atomic E-state index is 0.0949. The van der Waals surface area contributed by atoms with Gasteiger partial charge in [-0.1, -0.05) is 23.8 Å². The number of carbonyl (C=O) groups excluding carboxylic acids is 1. The molecule has 20 heavy (non-hydrogen) atoms. The maximum atomic E-state index is 12.1. The summed E-state index contributed by atoms with van der Waals surface area (Å²) in [4.78, 5) is 21.9. The molecule has 0 saturated carbocycles. The zero-order valence-electron chi connectivity index (χ0n) is 11.8. The summed E-state index contributed by atoms with van der Waals surface area (Å²) in [5.74, 6) is -1.42. The average molecular weight is 297 g/mol. The summed E-state index contributed by atoms with van der Waals surface area (Å²) >= 11 is 0. The fourth-order valence-corrected chi connectivity index (χ4v) is 3.17. The van der Waals surface area contributed by atoms with E-state index in [0.29, 0.717) is 0 Å². The number of carboxylic acid groups (broad SMARTS) is 1. The summed E-state index contributed by atoms with van der Waals surface area (Å²) < 4.78 is 12.1. The van der Waals surface area contributed by atoms with Crippen molar-refractivity contribution in [2.24, 2.45) is 0 Å². The Kier molecular flexibility index (Phi) is 5.88. The normalized spacial score (nSPS) is 13.6. The van der Waals surface area contributed by atoms with Gasteiger partial charge in [-0.15, -0.1) is 0 Å². The number of benzene rings is 1. The van der Waals surface area contributed by atoms with Gasteiger partial charge in [-0.3, -0.25) is 9.00 Å². The third kappa shape index (κ3) is 5.13. The van der Waals surface area contributed by atoms with Crippen molar-refractivity contribution in [3.63, 3.8) is 0 Å². The molecule has 0 radical (unpaired) electrons. The highest BCUT2D eigenvalue weighted by Gasteiger charge is 2.21. The highest BCUT2D eigenvalue weighted by atomic mass is 32.2. The van der Waals surface area contributed by atoms with Crippen LogP contribution >= 0.6 is 0 Å². The molecule has 0 aliphatic heterocycles. The molecular formula is C14H19NO4S. The number of carbonyl (C=O) groups is 2. The van der Waals surface area contributed by atoms with Crippen LogP contribution in [0, 0.1) is 13.8 Å². The second-order valence-electron chi connectivity index (χ2n) is 4.77. The highest BCUT2D eigenvalue weighted by Crippen LogP contribution is 2.13. The van der Waals surface area contributed by atoms with E-state index in [9.17, 15) is 13.8 Å². The fraction of sp³-hybridized carbons (Fsp3) is 0.429. The molecule has 2 N–H and O–H groups in total. The van der Waals surface area contributed by atoms with Crippen molar-refractivity contribution >= 4 is 22.7 Å². The molecule has 6 heteroatoms. The van der Waals surface area contributed by atoms with Crippen LogP contribution in [0.4, 0.5) is 0 Å². The first-order chi connectivity index (χ1) is 9.29. The Morgan fingerprint density at radius 1 is 1.35 bits per heavy atom. The van der Waals surface area contributed by atoms with Crippen LogP contribution in [0.2, 0.25) is 0 Å². The molecule has 110 valence electrons. The Hall–Kier alpha value is -1.69. The number of hydrogen-bond acceptors (Lipinski definition) is 3. The number of aliphatic carboxylic acids is 1. The van der Waals surface area contributed by atoms with E-state index >= 15 is 0 Å². The van der Waals surface area contributed by atoms with Crippen molar-refractivity contribution in [3.05, 3.63) is 34.9 Å². The van der Waals surface area contributed by atoms with E-state index in [1.807, 2.05) is 32.0 Å². The topological polar surface area (TPSA) is 83.5 Å². The van der Waals surface area contributed by atoms with E-state index in [-0.39, 0.29) is 11.5 Å². The molecule has 1 unspecified atom stereocenters. The number of aryl methyl sites for hydroxylation is 2. The van der Waals surface area contributed by atoms with Gasteiger partial charge in [0.15, 0.2) is 0 Å². The maximum absolute atomic E-state index is 12.1. The molecule has 1 aromatic rings. The van der Waals surface area contributed by atoms with Crippen molar-refractivity contribution in [1.29, 1.82) is 0 Å². The number of amides is 1. The zero-order chi connectivity index (χ0) is 15.3. The van der Waals surface area contributed by atoms with Gasteiger partial charge in [-0.2, -0.15) is 0 Å². The Balaban J connectivity index is 2.72. The summed E-state index contributed by atoms with van der Waals surface area (Å²) in [7, 11) is -1.35. The summed E-state index contributed by atoms with van der Waals surface area (Å²) in [6.07, 6.45) is 0. The lowest BCUT2D eigenvalue weighted by molar-refractivity contribution is -0.140. The number of carboxylic acids is 1. The molecule has 0 bridgehead atoms. The highest BCUT2D eigenvalue weighted by molar-refractivity contribution is 7.84. The molecule has 1 rings (SSSR count). The van der Waals surface area contributed by atoms with Crippen molar-refractivity contribution in [1.82, 2.24) is 5.32 Å². The fourth-order valence-electron chi connectivity index (χ4n) is 1.79. The SMILES string of the molecule is CC(=O)N[C@@H](CS(=O)Cc1cc(C)ccc1C)C(=O)O. The van der Waals surface area contributed by atoms with Gasteiger partial charge < -0.3 is 10.4 Å². The largest absolute Gasteiger partial charge is 0.480 e. The average Bonchev–Trinajstić information content (AvgIpc) is 2.32. The molecule has 0 fully saturated rings. The first-order valence-electron chi connectivity index (χ1n) is 6.20. The molecule has 0 aliphatic rings. The summed E-state index contributed by atoms with van der Waals surface area (Å²) in [5.41, 5.74) is 3.03. The zero-order valence-corrected chi connectivity index (χ0v) is 12.6. The van der Waals surface area contributed by atoms with Gasteiger partial charge in [-0.25, -0.2) is 4.79 Å². The Morgan fingerprint density at radius 3 is 2.55 bits per heavy atom. The van der Waals surface area contributed by atoms with Gasteiger partial charge in [0.25, 0.3) is 0 Å². The predicted octanol–water partition coefficient (Wildman–Crippen LogP) is 1.14. The minimum Gasteiger partial charge on any atom is -0.480 e. The van der Waals surface area contributed by atoms with Crippen LogP contribution in [-0.2, 0) is 26.1 Å². The lowest BCUT2D eigenvalue weighted by Gasteiger charge is -2.13. The van der Waals surface area contributed by atoms with Crippen LogP contribution < -0.4 is 5.32 Å². The van der Waals surface area contributed by atoms with Crippen molar-refractivity contribution in [2.75, 3.05) is 5.75 Å². The summed E-state index contributed by atoms with van der Waals surface area (Å²) in [6, 6.07) is 4.75. The molecule has 0 spiro atoms. The third-order valence-electron chi connectivity index (χ3n) is 2.85. The molecule has 0 heterocycles. The third-order valence-corrected chi connectivity index (χ3v) is 4.19. The number of rotatable bonds is 6. The van der Waals surface area contributed by atoms with Crippen LogP contribution in [0.1, 0.15) is 23.6 Å². The van der Waals surface area contributed by atoms with Gasteiger partial charge in [0.2, 0.25) is 5.91 Å². The standard InChI is InChI=1S/C14H19NO4S/c1-9-4-5-10(2)12(6-9)7-20(19)8-13(14(17)18)15-11(3)16/h4-6,13H,7-8H2,1-3H3,(H,15,16)(H,17,18)/t13-,20?/m0/s1. The van der Waals surface area contributed by atoms with Gasteiger partial charge in [0.1, 0.15) is 6.04 Å². The summed E-state index contributed by atoms with van der Waals surface area (Å²) in [5, 5.41) is 11.3. The lowest BCUT2D eigenvalue weighted by atomic mass is 10.1. The first-order valence-corrected chi connectivity index (χ1v) is 7.69. The second kappa shape index (κ2) is 7.19. The van der Waals surface area contributed by atoms with Gasteiger partial charge in [-0.05, 0) is 25.0 Å². The molecular weight excluding hydrogens is 278 g/mol. The minimum atomic E-state index is -1.35. The Labute approximate surface area is 120 Å². The summed E-state index contributed by atoms with van der Waals surface area (Å²) in [6.45, 7) is 5.11. The van der Waals surface area contributed by atoms with E-state index < -0.39 is 28.7 Å². The van der Waals surface area contributed by atoms with Crippen LogP contribution in [-0.4, -0.2) is 33.0 Å². The van der Waals surface area contributed by atoms with Crippen molar-refractivity contribution < 1.29 is 18.9 Å². The molecule has 1 amide bonds. The number of nitrogens with one attached hydrogen (secondary N) is 1. The van der Waals surface area contributed by atoms with Gasteiger partial charge in [0.05, 0.1) is 5.75 Å². The van der Waals surface area contributed by atoms with E-state index in [4.69, 9.17) is 5.11 Å². The lowest BCUT2D eigenvalue weighted by Crippen LogP contribution is -2.43. The van der Waals surface area contributed by atoms with Crippen LogP contribution in [0.3, 0.4) is 0 Å². The second-order valence-corrected chi connectivity index (χ2v) is 6.27. The number of hydrogen-bond donors (Lipinski definition) is 2. The molecule has 0 aromatic heterocycles. The Morgan fingerprint density at radius 2 is 2.00 bits per heavy atom. The Bertz CT molecular complexity index is 542. The quantitative estimate of drug-likeness (QED) is 0.825. The first kappa shape index (κ1) is 16.4. The van der Waals surface area contributed by atoms with E-state index in [1.54, 1.807) is 0 Å². The van der Waals surface area contributed by atoms with E-state index in [2.05, 4.69) is 5.32 Å². The maximum Gasteiger partial charge on any atom is 0.327 e. The molecule has 0 saturated heterocycles.